The molecule has 0 amide bonds. The van der Waals surface area contributed by atoms with Gasteiger partial charge in [0.05, 0.1) is 10.4 Å². The molecule has 0 aliphatic carbocycles. The highest BCUT2D eigenvalue weighted by atomic mass is 79.9. The van der Waals surface area contributed by atoms with Crippen LogP contribution in [0.2, 0.25) is 0 Å². The van der Waals surface area contributed by atoms with E-state index < -0.39 is 11.7 Å². The maximum Gasteiger partial charge on any atom is 0.416 e. The van der Waals surface area contributed by atoms with E-state index in [1.54, 1.807) is 0 Å². The summed E-state index contributed by atoms with van der Waals surface area (Å²) in [6.07, 6.45) is -3.43. The molecule has 0 bridgehead atoms. The van der Waals surface area contributed by atoms with E-state index in [1.165, 1.54) is 23.5 Å². The number of nitrogens with zero attached hydrogens (tertiary/aromatic N) is 2. The summed E-state index contributed by atoms with van der Waals surface area (Å²) in [6.45, 7) is 2.01. The Bertz CT molecular complexity index is 551. The normalized spacial score (nSPS) is 13.5. The zero-order valence-electron chi connectivity index (χ0n) is 9.91. The Hall–Kier alpha value is -0.950. The lowest BCUT2D eigenvalue weighted by Crippen LogP contribution is -2.03. The van der Waals surface area contributed by atoms with Crippen LogP contribution in [0, 0.1) is 0 Å². The van der Waals surface area contributed by atoms with Gasteiger partial charge in [0.2, 0.25) is 0 Å². The molecule has 7 heteroatoms. The molecule has 19 heavy (non-hydrogen) atoms. The molecule has 0 aliphatic heterocycles. The van der Waals surface area contributed by atoms with Gasteiger partial charge in [-0.05, 0) is 18.6 Å². The van der Waals surface area contributed by atoms with Crippen molar-refractivity contribution in [1.29, 1.82) is 0 Å². The lowest BCUT2D eigenvalue weighted by Gasteiger charge is -2.06. The van der Waals surface area contributed by atoms with Crippen molar-refractivity contribution >= 4 is 27.3 Å². The van der Waals surface area contributed by atoms with Gasteiger partial charge < -0.3 is 0 Å². The van der Waals surface area contributed by atoms with Gasteiger partial charge in [-0.25, -0.2) is 0 Å². The van der Waals surface area contributed by atoms with Gasteiger partial charge >= 0.3 is 6.18 Å². The highest BCUT2D eigenvalue weighted by Gasteiger charge is 2.30. The fraction of sp³-hybridized carbons (Fsp3) is 0.333. The van der Waals surface area contributed by atoms with Crippen LogP contribution in [-0.2, 0) is 6.18 Å². The standard InChI is InChI=1S/C12H10BrF3N2S/c1-2-9(13)11-18-17-10(19-11)7-3-5-8(6-4-7)12(14,15)16/h3-6,9H,2H2,1H3. The Morgan fingerprint density at radius 2 is 1.84 bits per heavy atom. The van der Waals surface area contributed by atoms with Crippen molar-refractivity contribution in [1.82, 2.24) is 10.2 Å². The van der Waals surface area contributed by atoms with Crippen molar-refractivity contribution in [2.24, 2.45) is 0 Å². The first-order valence-corrected chi connectivity index (χ1v) is 7.30. The Balaban J connectivity index is 2.25. The van der Waals surface area contributed by atoms with E-state index in [4.69, 9.17) is 0 Å². The quantitative estimate of drug-likeness (QED) is 0.722. The van der Waals surface area contributed by atoms with Crippen molar-refractivity contribution in [2.75, 3.05) is 0 Å². The fourth-order valence-corrected chi connectivity index (χ4v) is 2.74. The SMILES string of the molecule is CCC(Br)c1nnc(-c2ccc(C(F)(F)F)cc2)s1. The zero-order valence-corrected chi connectivity index (χ0v) is 12.3. The minimum absolute atomic E-state index is 0.133. The molecule has 2 nitrogen and oxygen atoms in total. The second-order valence-electron chi connectivity index (χ2n) is 3.90. The molecule has 0 saturated carbocycles. The first-order valence-electron chi connectivity index (χ1n) is 5.57. The molecule has 102 valence electrons. The maximum atomic E-state index is 12.4. The lowest BCUT2D eigenvalue weighted by molar-refractivity contribution is -0.137. The van der Waals surface area contributed by atoms with Crippen LogP contribution in [0.3, 0.4) is 0 Å². The molecule has 0 spiro atoms. The third kappa shape index (κ3) is 3.33. The van der Waals surface area contributed by atoms with E-state index >= 15 is 0 Å². The molecule has 1 heterocycles. The Labute approximate surface area is 120 Å². The predicted molar refractivity (Wildman–Crippen MR) is 72.3 cm³/mol. The largest absolute Gasteiger partial charge is 0.416 e. The number of alkyl halides is 4. The Morgan fingerprint density at radius 3 is 2.37 bits per heavy atom. The van der Waals surface area contributed by atoms with Gasteiger partial charge in [0, 0.05) is 5.56 Å². The van der Waals surface area contributed by atoms with Gasteiger partial charge in [-0.3, -0.25) is 0 Å². The summed E-state index contributed by atoms with van der Waals surface area (Å²) in [5.74, 6) is 0. The molecule has 1 atom stereocenters. The lowest BCUT2D eigenvalue weighted by atomic mass is 10.1. The number of halogens is 4. The topological polar surface area (TPSA) is 25.8 Å². The van der Waals surface area contributed by atoms with Crippen LogP contribution in [0.15, 0.2) is 24.3 Å². The summed E-state index contributed by atoms with van der Waals surface area (Å²) >= 11 is 4.85. The molecular formula is C12H10BrF3N2S. The number of benzene rings is 1. The number of hydrogen-bond acceptors (Lipinski definition) is 3. The van der Waals surface area contributed by atoms with Crippen molar-refractivity contribution in [2.45, 2.75) is 24.3 Å². The van der Waals surface area contributed by atoms with Gasteiger partial charge in [0.1, 0.15) is 10.0 Å². The third-order valence-electron chi connectivity index (χ3n) is 2.53. The van der Waals surface area contributed by atoms with Crippen molar-refractivity contribution in [3.05, 3.63) is 34.8 Å². The molecule has 1 aromatic carbocycles. The second kappa shape index (κ2) is 5.58. The van der Waals surface area contributed by atoms with Gasteiger partial charge in [-0.2, -0.15) is 13.2 Å². The first-order chi connectivity index (χ1) is 8.91. The summed E-state index contributed by atoms with van der Waals surface area (Å²) in [7, 11) is 0. The van der Waals surface area contributed by atoms with Gasteiger partial charge in [0.25, 0.3) is 0 Å². The smallest absolute Gasteiger partial charge is 0.166 e. The summed E-state index contributed by atoms with van der Waals surface area (Å²) in [4.78, 5) is 0.133. The van der Waals surface area contributed by atoms with E-state index in [0.717, 1.165) is 23.6 Å². The highest BCUT2D eigenvalue weighted by molar-refractivity contribution is 9.09. The molecule has 0 aliphatic rings. The summed E-state index contributed by atoms with van der Waals surface area (Å²) in [6, 6.07) is 4.95. The molecular weight excluding hydrogens is 341 g/mol. The molecule has 2 aromatic rings. The zero-order chi connectivity index (χ0) is 14.0. The average molecular weight is 351 g/mol. The van der Waals surface area contributed by atoms with Gasteiger partial charge in [-0.15, -0.1) is 10.2 Å². The van der Waals surface area contributed by atoms with E-state index in [0.29, 0.717) is 10.6 Å². The molecule has 0 saturated heterocycles. The predicted octanol–water partition coefficient (Wildman–Crippen LogP) is 5.07. The van der Waals surface area contributed by atoms with E-state index in [1.807, 2.05) is 6.92 Å². The molecule has 0 N–H and O–H groups in total. The Kier molecular flexibility index (Phi) is 4.25. The van der Waals surface area contributed by atoms with Crippen molar-refractivity contribution in [3.63, 3.8) is 0 Å². The summed E-state index contributed by atoms with van der Waals surface area (Å²) < 4.78 is 37.3. The summed E-state index contributed by atoms with van der Waals surface area (Å²) in [5.41, 5.74) is -0.0135. The average Bonchev–Trinajstić information content (AvgIpc) is 2.86. The van der Waals surface area contributed by atoms with Crippen LogP contribution >= 0.6 is 27.3 Å². The van der Waals surface area contributed by atoms with Crippen LogP contribution in [-0.4, -0.2) is 10.2 Å². The van der Waals surface area contributed by atoms with Crippen LogP contribution in [0.25, 0.3) is 10.6 Å². The highest BCUT2D eigenvalue weighted by Crippen LogP contribution is 2.34. The molecule has 1 aromatic heterocycles. The Morgan fingerprint density at radius 1 is 1.21 bits per heavy atom. The van der Waals surface area contributed by atoms with Crippen molar-refractivity contribution in [3.8, 4) is 10.6 Å². The van der Waals surface area contributed by atoms with E-state index in [2.05, 4.69) is 26.1 Å². The fourth-order valence-electron chi connectivity index (χ4n) is 1.45. The van der Waals surface area contributed by atoms with Gasteiger partial charge in [-0.1, -0.05) is 46.3 Å². The van der Waals surface area contributed by atoms with Crippen LogP contribution in [0.5, 0.6) is 0 Å². The number of aromatic nitrogens is 2. The van der Waals surface area contributed by atoms with E-state index in [-0.39, 0.29) is 4.83 Å². The van der Waals surface area contributed by atoms with Crippen LogP contribution < -0.4 is 0 Å². The number of hydrogen-bond donors (Lipinski definition) is 0. The maximum absolute atomic E-state index is 12.4. The van der Waals surface area contributed by atoms with Gasteiger partial charge in [0.15, 0.2) is 0 Å². The molecule has 1 unspecified atom stereocenters. The molecule has 0 fully saturated rings. The number of rotatable bonds is 3. The second-order valence-corrected chi connectivity index (χ2v) is 6.01. The minimum Gasteiger partial charge on any atom is -0.166 e. The van der Waals surface area contributed by atoms with E-state index in [9.17, 15) is 13.2 Å². The monoisotopic (exact) mass is 350 g/mol. The minimum atomic E-state index is -4.31. The molecule has 0 radical (unpaired) electrons. The third-order valence-corrected chi connectivity index (χ3v) is 5.00. The van der Waals surface area contributed by atoms with Crippen LogP contribution in [0.1, 0.15) is 28.7 Å². The summed E-state index contributed by atoms with van der Waals surface area (Å²) in [5, 5.41) is 9.50. The van der Waals surface area contributed by atoms with Crippen LogP contribution in [0.4, 0.5) is 13.2 Å². The molecule has 2 rings (SSSR count). The first kappa shape index (κ1) is 14.5. The van der Waals surface area contributed by atoms with Crippen molar-refractivity contribution < 1.29 is 13.2 Å².